The van der Waals surface area contributed by atoms with Crippen molar-refractivity contribution in [2.24, 2.45) is 5.92 Å². The minimum Gasteiger partial charge on any atom is -0.377 e. The van der Waals surface area contributed by atoms with Crippen LogP contribution in [-0.4, -0.2) is 81.9 Å². The molecule has 0 rings (SSSR count). The Morgan fingerprint density at radius 3 is 1.52 bits per heavy atom. The molecule has 0 aliphatic heterocycles. The Hall–Kier alpha value is -0.0831. The molecule has 0 aromatic rings. The number of nitrogens with zero attached hydrogens (tertiary/aromatic N) is 1. The number of nitrogens with one attached hydrogen (secondary N) is 1. The third-order valence-corrected chi connectivity index (χ3v) is 10.8. The summed E-state index contributed by atoms with van der Waals surface area (Å²) < 4.78 is 68.6. The van der Waals surface area contributed by atoms with E-state index in [0.29, 0.717) is 0 Å². The second-order valence-electron chi connectivity index (χ2n) is 7.12. The highest BCUT2D eigenvalue weighted by atomic mass is 32.2. The van der Waals surface area contributed by atoms with Crippen molar-refractivity contribution in [2.75, 3.05) is 33.8 Å². The SMILES string of the molecule is CO[Si](OC)(OC)C(C)C(C)C(C)N(C(C)C(C)NS(C)(=O)=O)S(C)(=O)=O. The van der Waals surface area contributed by atoms with E-state index in [4.69, 9.17) is 13.3 Å². The van der Waals surface area contributed by atoms with E-state index in [2.05, 4.69) is 4.72 Å². The van der Waals surface area contributed by atoms with Crippen molar-refractivity contribution in [3.05, 3.63) is 0 Å². The van der Waals surface area contributed by atoms with E-state index in [-0.39, 0.29) is 11.5 Å². The molecule has 0 aromatic heterocycles. The largest absolute Gasteiger partial charge is 0.503 e. The van der Waals surface area contributed by atoms with Gasteiger partial charge in [-0.05, 0) is 26.7 Å². The zero-order valence-corrected chi connectivity index (χ0v) is 20.6. The van der Waals surface area contributed by atoms with E-state index in [0.717, 1.165) is 12.5 Å². The van der Waals surface area contributed by atoms with Crippen molar-refractivity contribution in [1.82, 2.24) is 9.03 Å². The van der Waals surface area contributed by atoms with Crippen LogP contribution in [0.2, 0.25) is 5.54 Å². The quantitative estimate of drug-likeness (QED) is 0.441. The first kappa shape index (κ1) is 26.9. The zero-order valence-electron chi connectivity index (χ0n) is 18.0. The Balaban J connectivity index is 5.84. The maximum atomic E-state index is 12.5. The first-order chi connectivity index (χ1) is 12.1. The summed E-state index contributed by atoms with van der Waals surface area (Å²) in [6, 6.07) is -1.64. The maximum Gasteiger partial charge on any atom is 0.503 e. The minimum absolute atomic E-state index is 0.181. The molecule has 164 valence electrons. The maximum absolute atomic E-state index is 12.5. The number of rotatable bonds is 12. The van der Waals surface area contributed by atoms with Gasteiger partial charge in [-0.25, -0.2) is 21.6 Å². The fraction of sp³-hybridized carbons (Fsp3) is 1.00. The van der Waals surface area contributed by atoms with Gasteiger partial charge in [-0.2, -0.15) is 4.31 Å². The van der Waals surface area contributed by atoms with Crippen LogP contribution in [0.5, 0.6) is 0 Å². The van der Waals surface area contributed by atoms with Crippen molar-refractivity contribution < 1.29 is 30.1 Å². The molecule has 0 saturated carbocycles. The normalized spacial score (nSPS) is 19.5. The van der Waals surface area contributed by atoms with Gasteiger partial charge in [0.25, 0.3) is 0 Å². The summed E-state index contributed by atoms with van der Waals surface area (Å²) in [4.78, 5) is 0. The highest BCUT2D eigenvalue weighted by molar-refractivity contribution is 7.89. The second-order valence-corrected chi connectivity index (χ2v) is 14.1. The van der Waals surface area contributed by atoms with Gasteiger partial charge in [0.15, 0.2) is 0 Å². The standard InChI is InChI=1S/C15H36N2O7S2Si/c1-11(15(5)27(22-6,23-7)24-8)13(3)17(26(10,20)21)14(4)12(2)16-25(9,18)19/h11-16H,1-10H3. The average molecular weight is 449 g/mol. The summed E-state index contributed by atoms with van der Waals surface area (Å²) in [5.41, 5.74) is -0.192. The summed E-state index contributed by atoms with van der Waals surface area (Å²) in [7, 11) is -5.52. The molecule has 0 aliphatic carbocycles. The average Bonchev–Trinajstić information content (AvgIpc) is 2.53. The van der Waals surface area contributed by atoms with Gasteiger partial charge in [0.05, 0.1) is 12.5 Å². The minimum atomic E-state index is -3.62. The van der Waals surface area contributed by atoms with Gasteiger partial charge in [0, 0.05) is 45.0 Å². The molecule has 27 heavy (non-hydrogen) atoms. The first-order valence-electron chi connectivity index (χ1n) is 8.69. The molecule has 12 heteroatoms. The Labute approximate surface area is 166 Å². The number of sulfonamides is 2. The Morgan fingerprint density at radius 2 is 1.22 bits per heavy atom. The highest BCUT2D eigenvalue weighted by Gasteiger charge is 2.50. The van der Waals surface area contributed by atoms with Crippen LogP contribution < -0.4 is 4.72 Å². The first-order valence-corrected chi connectivity index (χ1v) is 14.2. The van der Waals surface area contributed by atoms with Gasteiger partial charge < -0.3 is 13.3 Å². The Bertz CT molecular complexity index is 659. The lowest BCUT2D eigenvalue weighted by Gasteiger charge is -2.42. The van der Waals surface area contributed by atoms with Crippen molar-refractivity contribution in [2.45, 2.75) is 58.3 Å². The van der Waals surface area contributed by atoms with Gasteiger partial charge in [-0.15, -0.1) is 0 Å². The predicted molar refractivity (Wildman–Crippen MR) is 108 cm³/mol. The highest BCUT2D eigenvalue weighted by Crippen LogP contribution is 2.36. The van der Waals surface area contributed by atoms with Gasteiger partial charge in [0.1, 0.15) is 0 Å². The monoisotopic (exact) mass is 448 g/mol. The van der Waals surface area contributed by atoms with Crippen LogP contribution in [0.25, 0.3) is 0 Å². The van der Waals surface area contributed by atoms with Crippen molar-refractivity contribution >= 4 is 28.9 Å². The molecule has 5 unspecified atom stereocenters. The smallest absolute Gasteiger partial charge is 0.377 e. The van der Waals surface area contributed by atoms with Crippen LogP contribution in [0.3, 0.4) is 0 Å². The summed E-state index contributed by atoms with van der Waals surface area (Å²) in [6.07, 6.45) is 2.17. The van der Waals surface area contributed by atoms with Crippen LogP contribution >= 0.6 is 0 Å². The fourth-order valence-corrected chi connectivity index (χ4v) is 8.40. The van der Waals surface area contributed by atoms with E-state index in [1.54, 1.807) is 20.8 Å². The van der Waals surface area contributed by atoms with Crippen LogP contribution in [0.15, 0.2) is 0 Å². The number of hydrogen-bond acceptors (Lipinski definition) is 7. The van der Waals surface area contributed by atoms with Crippen LogP contribution in [0.1, 0.15) is 34.6 Å². The molecule has 0 spiro atoms. The van der Waals surface area contributed by atoms with Crippen LogP contribution in [0.4, 0.5) is 0 Å². The van der Waals surface area contributed by atoms with E-state index in [1.807, 2.05) is 13.8 Å². The van der Waals surface area contributed by atoms with E-state index >= 15 is 0 Å². The molecule has 0 saturated heterocycles. The lowest BCUT2D eigenvalue weighted by atomic mass is 9.98. The molecule has 1 N–H and O–H groups in total. The van der Waals surface area contributed by atoms with E-state index in [9.17, 15) is 16.8 Å². The lowest BCUT2D eigenvalue weighted by molar-refractivity contribution is 0.0934. The fourth-order valence-electron chi connectivity index (χ4n) is 3.41. The molecule has 0 aromatic carbocycles. The molecule has 0 bridgehead atoms. The van der Waals surface area contributed by atoms with Gasteiger partial charge in [0.2, 0.25) is 20.0 Å². The van der Waals surface area contributed by atoms with Gasteiger partial charge >= 0.3 is 8.80 Å². The Kier molecular flexibility index (Phi) is 10.1. The molecule has 5 atom stereocenters. The molecule has 0 aliphatic rings. The molecule has 0 fully saturated rings. The van der Waals surface area contributed by atoms with Gasteiger partial charge in [-0.1, -0.05) is 13.8 Å². The third kappa shape index (κ3) is 7.03. The molecule has 0 heterocycles. The number of hydrogen-bond donors (Lipinski definition) is 1. The van der Waals surface area contributed by atoms with Crippen LogP contribution in [-0.2, 0) is 33.3 Å². The van der Waals surface area contributed by atoms with Crippen LogP contribution in [0, 0.1) is 5.92 Å². The summed E-state index contributed by atoms with van der Waals surface area (Å²) in [6.45, 7) is 8.95. The Morgan fingerprint density at radius 1 is 0.815 bits per heavy atom. The molecule has 0 amide bonds. The van der Waals surface area contributed by atoms with E-state index < -0.39 is 47.0 Å². The zero-order chi connectivity index (χ0) is 21.8. The molecular formula is C15H36N2O7S2Si. The van der Waals surface area contributed by atoms with E-state index in [1.165, 1.54) is 25.6 Å². The predicted octanol–water partition coefficient (Wildman–Crippen LogP) is 0.867. The van der Waals surface area contributed by atoms with Crippen molar-refractivity contribution in [1.29, 1.82) is 0 Å². The second kappa shape index (κ2) is 10.1. The summed E-state index contributed by atoms with van der Waals surface area (Å²) >= 11 is 0. The molecule has 0 radical (unpaired) electrons. The summed E-state index contributed by atoms with van der Waals surface area (Å²) in [5.74, 6) is -0.181. The van der Waals surface area contributed by atoms with Gasteiger partial charge in [-0.3, -0.25) is 0 Å². The van der Waals surface area contributed by atoms with Crippen molar-refractivity contribution in [3.63, 3.8) is 0 Å². The third-order valence-electron chi connectivity index (χ3n) is 5.27. The van der Waals surface area contributed by atoms with Crippen molar-refractivity contribution in [3.8, 4) is 0 Å². The topological polar surface area (TPSA) is 111 Å². The molecule has 9 nitrogen and oxygen atoms in total. The lowest BCUT2D eigenvalue weighted by Crippen LogP contribution is -2.57. The molecular weight excluding hydrogens is 412 g/mol. The summed E-state index contributed by atoms with van der Waals surface area (Å²) in [5, 5.41) is 0.